The molecule has 3 aromatic carbocycles. The van der Waals surface area contributed by atoms with Gasteiger partial charge in [0.15, 0.2) is 23.0 Å². The standard InChI is InChI=1S/C34H28F3NO8/c1-16-33(45,31(43)17-8-3-2-4-9-17)23(38-32(44)34(35,36)37)15-19(46-16)14-18-10-7-13-22-24(18)30(42)26-25(29(22)41)27(39)20-11-5-6-12-21(20)28(26)40/h2-12,16,18-19,23,41-42,45H,13-15H2,1H3,(H,38,44)/t16-,18?,19+,23+,33+/m1/s1. The van der Waals surface area contributed by atoms with Crippen LogP contribution in [0.3, 0.4) is 0 Å². The average molecular weight is 636 g/mol. The Morgan fingerprint density at radius 3 is 2.15 bits per heavy atom. The van der Waals surface area contributed by atoms with Crippen LogP contribution in [0.4, 0.5) is 13.2 Å². The zero-order chi connectivity index (χ0) is 33.1. The molecular weight excluding hydrogens is 607 g/mol. The van der Waals surface area contributed by atoms with Gasteiger partial charge in [0.1, 0.15) is 11.5 Å². The van der Waals surface area contributed by atoms with Gasteiger partial charge in [-0.3, -0.25) is 19.2 Å². The molecule has 3 aliphatic rings. The van der Waals surface area contributed by atoms with Crippen LogP contribution < -0.4 is 5.32 Å². The topological polar surface area (TPSA) is 150 Å². The number of carbonyl (C=O) groups is 4. The van der Waals surface area contributed by atoms with Gasteiger partial charge in [-0.15, -0.1) is 0 Å². The highest BCUT2D eigenvalue weighted by atomic mass is 19.4. The second-order valence-electron chi connectivity index (χ2n) is 11.7. The van der Waals surface area contributed by atoms with Gasteiger partial charge in [-0.1, -0.05) is 66.7 Å². The number of aliphatic hydroxyl groups is 1. The van der Waals surface area contributed by atoms with Crippen molar-refractivity contribution >= 4 is 23.3 Å². The molecule has 4 N–H and O–H groups in total. The quantitative estimate of drug-likeness (QED) is 0.144. The summed E-state index contributed by atoms with van der Waals surface area (Å²) in [5.74, 6) is -6.30. The number of nitrogens with one attached hydrogen (secondary N) is 1. The van der Waals surface area contributed by atoms with E-state index in [0.29, 0.717) is 0 Å². The van der Waals surface area contributed by atoms with Crippen molar-refractivity contribution in [1.29, 1.82) is 0 Å². The molecule has 6 rings (SSSR count). The van der Waals surface area contributed by atoms with Crippen molar-refractivity contribution < 1.29 is 52.4 Å². The highest BCUT2D eigenvalue weighted by Crippen LogP contribution is 2.49. The minimum Gasteiger partial charge on any atom is -0.507 e. The Bertz CT molecular complexity index is 1820. The van der Waals surface area contributed by atoms with Crippen LogP contribution in [0.1, 0.15) is 79.0 Å². The van der Waals surface area contributed by atoms with Gasteiger partial charge in [-0.2, -0.15) is 13.2 Å². The molecule has 1 amide bonds. The lowest BCUT2D eigenvalue weighted by Gasteiger charge is -2.47. The number of hydrogen-bond acceptors (Lipinski definition) is 8. The molecule has 0 bridgehead atoms. The molecule has 2 aliphatic carbocycles. The maximum atomic E-state index is 13.5. The first-order valence-corrected chi connectivity index (χ1v) is 14.6. The zero-order valence-electron chi connectivity index (χ0n) is 24.3. The molecule has 238 valence electrons. The molecule has 1 unspecified atom stereocenters. The minimum atomic E-state index is -5.30. The number of benzene rings is 3. The molecule has 1 fully saturated rings. The van der Waals surface area contributed by atoms with Crippen LogP contribution in [-0.4, -0.2) is 68.6 Å². The van der Waals surface area contributed by atoms with E-state index in [2.05, 4.69) is 0 Å². The number of ketones is 3. The summed E-state index contributed by atoms with van der Waals surface area (Å²) >= 11 is 0. The number of rotatable bonds is 5. The van der Waals surface area contributed by atoms with Crippen molar-refractivity contribution in [3.8, 4) is 11.5 Å². The first-order valence-electron chi connectivity index (χ1n) is 14.6. The van der Waals surface area contributed by atoms with Gasteiger partial charge < -0.3 is 25.4 Å². The number of ether oxygens (including phenoxy) is 1. The molecule has 5 atom stereocenters. The van der Waals surface area contributed by atoms with Gasteiger partial charge in [-0.25, -0.2) is 0 Å². The molecule has 3 aromatic rings. The summed E-state index contributed by atoms with van der Waals surface area (Å²) in [6.07, 6.45) is -4.70. The van der Waals surface area contributed by atoms with Gasteiger partial charge in [0.25, 0.3) is 0 Å². The Balaban J connectivity index is 1.36. The Morgan fingerprint density at radius 1 is 0.957 bits per heavy atom. The third-order valence-corrected chi connectivity index (χ3v) is 9.05. The minimum absolute atomic E-state index is 0.000239. The van der Waals surface area contributed by atoms with E-state index in [0.717, 1.165) is 0 Å². The fourth-order valence-corrected chi connectivity index (χ4v) is 6.81. The normalized spacial score (nSPS) is 25.3. The van der Waals surface area contributed by atoms with Crippen molar-refractivity contribution in [2.24, 2.45) is 0 Å². The lowest BCUT2D eigenvalue weighted by Crippen LogP contribution is -2.68. The molecule has 0 aromatic heterocycles. The van der Waals surface area contributed by atoms with E-state index >= 15 is 0 Å². The average Bonchev–Trinajstić information content (AvgIpc) is 3.03. The van der Waals surface area contributed by atoms with Gasteiger partial charge in [0.2, 0.25) is 0 Å². The number of halogens is 3. The number of phenols is 2. The summed E-state index contributed by atoms with van der Waals surface area (Å²) in [5, 5.41) is 36.2. The molecule has 0 spiro atoms. The van der Waals surface area contributed by atoms with Gasteiger partial charge in [0, 0.05) is 33.7 Å². The third kappa shape index (κ3) is 4.88. The van der Waals surface area contributed by atoms with Crippen molar-refractivity contribution in [1.82, 2.24) is 5.32 Å². The van der Waals surface area contributed by atoms with E-state index in [-0.39, 0.29) is 51.8 Å². The predicted molar refractivity (Wildman–Crippen MR) is 156 cm³/mol. The lowest BCUT2D eigenvalue weighted by molar-refractivity contribution is -0.186. The van der Waals surface area contributed by atoms with Gasteiger partial charge in [0.05, 0.1) is 29.4 Å². The largest absolute Gasteiger partial charge is 0.507 e. The molecular formula is C34H28F3NO8. The summed E-state index contributed by atoms with van der Waals surface area (Å²) in [6.45, 7) is 1.31. The molecule has 0 radical (unpaired) electrons. The van der Waals surface area contributed by atoms with Crippen LogP contribution >= 0.6 is 0 Å². The Hall–Kier alpha value is -4.81. The molecule has 9 nitrogen and oxygen atoms in total. The molecule has 0 saturated carbocycles. The first-order chi connectivity index (χ1) is 21.7. The second kappa shape index (κ2) is 11.2. The Labute approximate surface area is 260 Å². The number of hydrogen-bond donors (Lipinski definition) is 4. The van der Waals surface area contributed by atoms with Crippen LogP contribution in [0.2, 0.25) is 0 Å². The van der Waals surface area contributed by atoms with Crippen LogP contribution in [0.5, 0.6) is 11.5 Å². The fourth-order valence-electron chi connectivity index (χ4n) is 6.81. The number of alkyl halides is 3. The van der Waals surface area contributed by atoms with E-state index < -0.39 is 77.1 Å². The predicted octanol–water partition coefficient (Wildman–Crippen LogP) is 4.30. The summed E-state index contributed by atoms with van der Waals surface area (Å²) in [6, 6.07) is 11.7. The maximum Gasteiger partial charge on any atom is 0.471 e. The number of amides is 1. The van der Waals surface area contributed by atoms with Crippen LogP contribution in [0, 0.1) is 0 Å². The highest BCUT2D eigenvalue weighted by molar-refractivity contribution is 6.30. The Kier molecular flexibility index (Phi) is 7.60. The SMILES string of the molecule is C[C@H]1O[C@@H](CC2C=CCc3c(O)c4c(c(O)c32)C(=O)c2ccccc2C4=O)C[C@H](NC(=O)C(F)(F)F)[C@]1(O)C(=O)c1ccccc1. The van der Waals surface area contributed by atoms with Crippen molar-refractivity contribution in [3.05, 3.63) is 106 Å². The highest BCUT2D eigenvalue weighted by Gasteiger charge is 2.56. The summed E-state index contributed by atoms with van der Waals surface area (Å²) in [4.78, 5) is 52.4. The van der Waals surface area contributed by atoms with E-state index in [1.54, 1.807) is 35.7 Å². The Morgan fingerprint density at radius 2 is 1.54 bits per heavy atom. The van der Waals surface area contributed by atoms with E-state index in [4.69, 9.17) is 4.74 Å². The monoisotopic (exact) mass is 635 g/mol. The molecule has 12 heteroatoms. The number of Topliss-reactive ketones (excluding diaryl/α,β-unsaturated/α-hetero) is 1. The summed E-state index contributed by atoms with van der Waals surface area (Å²) in [7, 11) is 0. The van der Waals surface area contributed by atoms with Crippen molar-refractivity contribution in [2.45, 2.75) is 62.1 Å². The number of fused-ring (bicyclic) bond motifs is 3. The van der Waals surface area contributed by atoms with E-state index in [1.165, 1.54) is 43.3 Å². The fraction of sp³-hybridized carbons (Fsp3) is 0.294. The van der Waals surface area contributed by atoms with Crippen LogP contribution in [0.15, 0.2) is 66.7 Å². The van der Waals surface area contributed by atoms with Crippen molar-refractivity contribution in [3.63, 3.8) is 0 Å². The third-order valence-electron chi connectivity index (χ3n) is 9.05. The number of phenolic OH excluding ortho intramolecular Hbond substituents is 2. The molecule has 1 aliphatic heterocycles. The summed E-state index contributed by atoms with van der Waals surface area (Å²) in [5.41, 5.74) is -2.73. The number of aromatic hydroxyl groups is 2. The van der Waals surface area contributed by atoms with E-state index in [9.17, 15) is 47.7 Å². The van der Waals surface area contributed by atoms with Crippen LogP contribution in [0.25, 0.3) is 0 Å². The molecule has 46 heavy (non-hydrogen) atoms. The first kappa shape index (κ1) is 31.2. The second-order valence-corrected chi connectivity index (χ2v) is 11.7. The lowest BCUT2D eigenvalue weighted by atomic mass is 9.73. The van der Waals surface area contributed by atoms with Crippen molar-refractivity contribution in [2.75, 3.05) is 0 Å². The molecule has 1 saturated heterocycles. The molecule has 1 heterocycles. The number of carbonyl (C=O) groups excluding carboxylic acids is 4. The zero-order valence-corrected chi connectivity index (χ0v) is 24.3. The maximum absolute atomic E-state index is 13.5. The smallest absolute Gasteiger partial charge is 0.471 e. The van der Waals surface area contributed by atoms with Gasteiger partial charge >= 0.3 is 12.1 Å². The van der Waals surface area contributed by atoms with Crippen LogP contribution in [-0.2, 0) is 16.0 Å². The van der Waals surface area contributed by atoms with Gasteiger partial charge in [-0.05, 0) is 26.2 Å². The van der Waals surface area contributed by atoms with E-state index in [1.807, 2.05) is 0 Å². The summed E-state index contributed by atoms with van der Waals surface area (Å²) < 4.78 is 46.1. The number of allylic oxidation sites excluding steroid dienone is 2.